The van der Waals surface area contributed by atoms with Crippen molar-refractivity contribution in [2.24, 2.45) is 0 Å². The van der Waals surface area contributed by atoms with E-state index in [1.165, 1.54) is 0 Å². The van der Waals surface area contributed by atoms with Gasteiger partial charge in [0.25, 0.3) is 0 Å². The third-order valence-corrected chi connectivity index (χ3v) is 3.62. The molecule has 1 amide bonds. The lowest BCUT2D eigenvalue weighted by atomic mass is 10.1. The molecule has 0 saturated carbocycles. The highest BCUT2D eigenvalue weighted by molar-refractivity contribution is 9.10. The summed E-state index contributed by atoms with van der Waals surface area (Å²) in [5.41, 5.74) is 0. The van der Waals surface area contributed by atoms with Crippen LogP contribution >= 0.6 is 15.9 Å². The van der Waals surface area contributed by atoms with Crippen LogP contribution in [0.3, 0.4) is 0 Å². The smallest absolute Gasteiger partial charge is 0.242 e. The van der Waals surface area contributed by atoms with Gasteiger partial charge in [-0.3, -0.25) is 9.48 Å². The minimum absolute atomic E-state index is 0.0100. The van der Waals surface area contributed by atoms with E-state index in [2.05, 4.69) is 35.9 Å². The molecule has 0 radical (unpaired) electrons. The molecule has 0 aliphatic carbocycles. The van der Waals surface area contributed by atoms with Gasteiger partial charge in [-0.1, -0.05) is 0 Å². The van der Waals surface area contributed by atoms with Crippen LogP contribution in [0.1, 0.15) is 12.2 Å². The molecule has 3 rings (SSSR count). The number of halogens is 1. The Kier molecular flexibility index (Phi) is 3.37. The Morgan fingerprint density at radius 2 is 2.47 bits per heavy atom. The lowest BCUT2D eigenvalue weighted by molar-refractivity contribution is -0.122. The molecule has 100 valence electrons. The second-order valence-corrected chi connectivity index (χ2v) is 5.57. The van der Waals surface area contributed by atoms with Crippen LogP contribution in [-0.4, -0.2) is 31.3 Å². The average Bonchev–Trinajstić information content (AvgIpc) is 2.97. The highest BCUT2D eigenvalue weighted by Crippen LogP contribution is 2.13. The summed E-state index contributed by atoms with van der Waals surface area (Å²) in [7, 11) is 0. The molecule has 0 bridgehead atoms. The standard InChI is InChI=1S/C12H14BrN5O/c13-9-5-15-18(6-9)8-12(19)16-10-1-2-11-14-3-4-17(11)7-10/h3-6,10H,1-2,7-8H2,(H,16,19)/t10-/m0/s1. The monoisotopic (exact) mass is 323 g/mol. The summed E-state index contributed by atoms with van der Waals surface area (Å²) in [6, 6.07) is 0.174. The summed E-state index contributed by atoms with van der Waals surface area (Å²) in [5, 5.41) is 7.11. The summed E-state index contributed by atoms with van der Waals surface area (Å²) in [4.78, 5) is 16.2. The Morgan fingerprint density at radius 1 is 1.58 bits per heavy atom. The number of fused-ring (bicyclic) bond motifs is 1. The fourth-order valence-corrected chi connectivity index (χ4v) is 2.66. The Labute approximate surface area is 118 Å². The SMILES string of the molecule is O=C(Cn1cc(Br)cn1)N[C@H]1CCc2nccn2C1. The van der Waals surface area contributed by atoms with Gasteiger partial charge in [0, 0.05) is 37.6 Å². The number of hydrogen-bond acceptors (Lipinski definition) is 3. The maximum atomic E-state index is 11.9. The predicted octanol–water partition coefficient (Wildman–Crippen LogP) is 0.973. The van der Waals surface area contributed by atoms with E-state index in [4.69, 9.17) is 0 Å². The van der Waals surface area contributed by atoms with Crippen molar-refractivity contribution >= 4 is 21.8 Å². The van der Waals surface area contributed by atoms with Crippen LogP contribution < -0.4 is 5.32 Å². The number of hydrogen-bond donors (Lipinski definition) is 1. The second kappa shape index (κ2) is 5.16. The summed E-state index contributed by atoms with van der Waals surface area (Å²) in [5.74, 6) is 1.09. The van der Waals surface area contributed by atoms with Crippen LogP contribution in [0, 0.1) is 0 Å². The van der Waals surface area contributed by atoms with Gasteiger partial charge in [0.2, 0.25) is 5.91 Å². The molecule has 1 aliphatic rings. The van der Waals surface area contributed by atoms with Crippen LogP contribution in [0.15, 0.2) is 29.3 Å². The summed E-state index contributed by atoms with van der Waals surface area (Å²) >= 11 is 3.31. The molecule has 2 aromatic heterocycles. The molecule has 0 aromatic carbocycles. The zero-order valence-corrected chi connectivity index (χ0v) is 11.9. The van der Waals surface area contributed by atoms with Crippen molar-refractivity contribution in [3.63, 3.8) is 0 Å². The van der Waals surface area contributed by atoms with Crippen LogP contribution in [0.2, 0.25) is 0 Å². The molecule has 19 heavy (non-hydrogen) atoms. The molecule has 3 heterocycles. The molecule has 7 heteroatoms. The molecule has 2 aromatic rings. The largest absolute Gasteiger partial charge is 0.350 e. The Morgan fingerprint density at radius 3 is 3.26 bits per heavy atom. The first-order valence-electron chi connectivity index (χ1n) is 6.18. The van der Waals surface area contributed by atoms with E-state index in [-0.39, 0.29) is 18.5 Å². The van der Waals surface area contributed by atoms with Gasteiger partial charge in [-0.05, 0) is 22.4 Å². The normalized spacial score (nSPS) is 18.1. The van der Waals surface area contributed by atoms with Gasteiger partial charge in [-0.25, -0.2) is 4.98 Å². The van der Waals surface area contributed by atoms with Gasteiger partial charge >= 0.3 is 0 Å². The number of carbonyl (C=O) groups excluding carboxylic acids is 1. The number of rotatable bonds is 3. The molecule has 6 nitrogen and oxygen atoms in total. The highest BCUT2D eigenvalue weighted by Gasteiger charge is 2.20. The number of nitrogens with zero attached hydrogens (tertiary/aromatic N) is 4. The number of nitrogens with one attached hydrogen (secondary N) is 1. The molecule has 0 spiro atoms. The van der Waals surface area contributed by atoms with Gasteiger partial charge in [0.05, 0.1) is 10.7 Å². The van der Waals surface area contributed by atoms with Gasteiger partial charge in [0.15, 0.2) is 0 Å². The first kappa shape index (κ1) is 12.4. The van der Waals surface area contributed by atoms with Gasteiger partial charge in [0.1, 0.15) is 12.4 Å². The van der Waals surface area contributed by atoms with Gasteiger partial charge < -0.3 is 9.88 Å². The van der Waals surface area contributed by atoms with Crippen molar-refractivity contribution < 1.29 is 4.79 Å². The zero-order valence-electron chi connectivity index (χ0n) is 10.3. The van der Waals surface area contributed by atoms with Crippen molar-refractivity contribution in [3.05, 3.63) is 35.1 Å². The van der Waals surface area contributed by atoms with E-state index in [1.54, 1.807) is 23.3 Å². The number of aromatic nitrogens is 4. The molecule has 0 unspecified atom stereocenters. The summed E-state index contributed by atoms with van der Waals surface area (Å²) in [6.45, 7) is 1.04. The van der Waals surface area contributed by atoms with E-state index in [1.807, 2.05) is 6.20 Å². The van der Waals surface area contributed by atoms with Gasteiger partial charge in [-0.2, -0.15) is 5.10 Å². The van der Waals surface area contributed by atoms with Crippen LogP contribution in [0.5, 0.6) is 0 Å². The number of carbonyl (C=O) groups is 1. The van der Waals surface area contributed by atoms with Crippen molar-refractivity contribution in [1.29, 1.82) is 0 Å². The second-order valence-electron chi connectivity index (χ2n) is 4.66. The number of amides is 1. The number of imidazole rings is 1. The first-order valence-corrected chi connectivity index (χ1v) is 6.97. The van der Waals surface area contributed by atoms with E-state index < -0.39 is 0 Å². The average molecular weight is 324 g/mol. The quantitative estimate of drug-likeness (QED) is 0.915. The molecule has 1 N–H and O–H groups in total. The fourth-order valence-electron chi connectivity index (χ4n) is 2.33. The molecular formula is C12H14BrN5O. The fraction of sp³-hybridized carbons (Fsp3) is 0.417. The third kappa shape index (κ3) is 2.86. The molecule has 0 saturated heterocycles. The van der Waals surface area contributed by atoms with E-state index in [0.29, 0.717) is 0 Å². The van der Waals surface area contributed by atoms with Crippen molar-refractivity contribution in [3.8, 4) is 0 Å². The van der Waals surface area contributed by atoms with Crippen LogP contribution in [-0.2, 0) is 24.3 Å². The molecule has 0 fully saturated rings. The van der Waals surface area contributed by atoms with Crippen molar-refractivity contribution in [2.75, 3.05) is 0 Å². The van der Waals surface area contributed by atoms with Gasteiger partial charge in [-0.15, -0.1) is 0 Å². The Bertz CT molecular complexity index is 590. The van der Waals surface area contributed by atoms with E-state index in [9.17, 15) is 4.79 Å². The molecule has 1 atom stereocenters. The Hall–Kier alpha value is -1.63. The minimum Gasteiger partial charge on any atom is -0.350 e. The van der Waals surface area contributed by atoms with Crippen LogP contribution in [0.25, 0.3) is 0 Å². The maximum absolute atomic E-state index is 11.9. The lowest BCUT2D eigenvalue weighted by Crippen LogP contribution is -2.42. The highest BCUT2D eigenvalue weighted by atomic mass is 79.9. The van der Waals surface area contributed by atoms with Crippen LogP contribution in [0.4, 0.5) is 0 Å². The predicted molar refractivity (Wildman–Crippen MR) is 72.4 cm³/mol. The van der Waals surface area contributed by atoms with E-state index >= 15 is 0 Å². The molecule has 1 aliphatic heterocycles. The van der Waals surface area contributed by atoms with Crippen molar-refractivity contribution in [1.82, 2.24) is 24.6 Å². The number of aryl methyl sites for hydroxylation is 1. The van der Waals surface area contributed by atoms with E-state index in [0.717, 1.165) is 29.7 Å². The lowest BCUT2D eigenvalue weighted by Gasteiger charge is -2.24. The molecular weight excluding hydrogens is 310 g/mol. The minimum atomic E-state index is -0.0100. The third-order valence-electron chi connectivity index (χ3n) is 3.21. The topological polar surface area (TPSA) is 64.7 Å². The summed E-state index contributed by atoms with van der Waals surface area (Å²) < 4.78 is 4.59. The zero-order chi connectivity index (χ0) is 13.2. The van der Waals surface area contributed by atoms with Crippen molar-refractivity contribution in [2.45, 2.75) is 32.0 Å². The Balaban J connectivity index is 1.56. The summed E-state index contributed by atoms with van der Waals surface area (Å²) in [6.07, 6.45) is 9.07. The first-order chi connectivity index (χ1) is 9.20. The maximum Gasteiger partial charge on any atom is 0.242 e.